The molecule has 1 heterocycles. The molecule has 0 amide bonds. The highest BCUT2D eigenvalue weighted by Gasteiger charge is 2.22. The second kappa shape index (κ2) is 6.51. The predicted octanol–water partition coefficient (Wildman–Crippen LogP) is 4.03. The molecule has 0 saturated heterocycles. The zero-order valence-electron chi connectivity index (χ0n) is 11.4. The summed E-state index contributed by atoms with van der Waals surface area (Å²) in [6.45, 7) is 0. The molecule has 1 atom stereocenters. The number of nitrogens with zero attached hydrogens (tertiary/aromatic N) is 1. The number of amidine groups is 1. The van der Waals surface area contributed by atoms with Crippen molar-refractivity contribution < 1.29 is 4.21 Å². The fourth-order valence-electron chi connectivity index (χ4n) is 1.80. The normalized spacial score (nSPS) is 13.7. The van der Waals surface area contributed by atoms with Gasteiger partial charge in [-0.2, -0.15) is 0 Å². The van der Waals surface area contributed by atoms with E-state index in [2.05, 4.69) is 20.3 Å². The van der Waals surface area contributed by atoms with Gasteiger partial charge in [0.2, 0.25) is 0 Å². The van der Waals surface area contributed by atoms with Gasteiger partial charge in [0.15, 0.2) is 0 Å². The van der Waals surface area contributed by atoms with Crippen LogP contribution in [-0.4, -0.2) is 23.3 Å². The molecular weight excluding hydrogens is 390 g/mol. The minimum atomic E-state index is -2.73. The van der Waals surface area contributed by atoms with Gasteiger partial charge in [0.1, 0.15) is 15.6 Å². The Morgan fingerprint density at radius 3 is 2.71 bits per heavy atom. The molecule has 0 radical (unpaired) electrons. The van der Waals surface area contributed by atoms with Gasteiger partial charge in [0.05, 0.1) is 18.9 Å². The number of halogens is 1. The summed E-state index contributed by atoms with van der Waals surface area (Å²) in [4.78, 5) is 1.88. The summed E-state index contributed by atoms with van der Waals surface area (Å²) in [6.07, 6.45) is 1.91. The second-order valence-electron chi connectivity index (χ2n) is 4.05. The first-order valence-corrected chi connectivity index (χ1v) is 10.2. The molecule has 3 N–H and O–H groups in total. The van der Waals surface area contributed by atoms with Crippen molar-refractivity contribution in [2.75, 3.05) is 13.3 Å². The van der Waals surface area contributed by atoms with Crippen LogP contribution in [0, 0.1) is 5.41 Å². The molecule has 2 aromatic rings. The van der Waals surface area contributed by atoms with Crippen LogP contribution in [0.4, 0.5) is 0 Å². The maximum absolute atomic E-state index is 13.4. The van der Waals surface area contributed by atoms with Gasteiger partial charge in [-0.1, -0.05) is 22.0 Å². The molecule has 1 unspecified atom stereocenters. The van der Waals surface area contributed by atoms with E-state index < -0.39 is 9.73 Å². The molecule has 0 aliphatic rings. The largest absolute Gasteiger partial charge is 0.383 e. The topological polar surface area (TPSA) is 79.3 Å². The highest BCUT2D eigenvalue weighted by atomic mass is 79.9. The summed E-state index contributed by atoms with van der Waals surface area (Å²) in [5, 5.41) is 7.57. The standard InChI is InChI=1S/C13H14BrN3OS3/c1-17-21(18,9-5-3-4-8(14)6-9)11-7-10(12(15)16)20-13(11)19-2/h3-7H,1-2H3,(H3,15,16). The third kappa shape index (κ3) is 3.18. The number of thiophene rings is 1. The Hall–Kier alpha value is -0.830. The lowest BCUT2D eigenvalue weighted by Crippen LogP contribution is -2.08. The Morgan fingerprint density at radius 2 is 2.19 bits per heavy atom. The van der Waals surface area contributed by atoms with Crippen molar-refractivity contribution in [3.8, 4) is 0 Å². The van der Waals surface area contributed by atoms with Gasteiger partial charge in [0, 0.05) is 11.5 Å². The zero-order chi connectivity index (χ0) is 15.6. The number of rotatable bonds is 4. The first-order chi connectivity index (χ1) is 9.92. The van der Waals surface area contributed by atoms with E-state index in [1.54, 1.807) is 19.2 Å². The van der Waals surface area contributed by atoms with Gasteiger partial charge in [-0.3, -0.25) is 5.41 Å². The number of benzene rings is 1. The van der Waals surface area contributed by atoms with Crippen molar-refractivity contribution >= 4 is 54.6 Å². The molecule has 0 bridgehead atoms. The molecule has 1 aromatic carbocycles. The molecule has 0 aliphatic heterocycles. The lowest BCUT2D eigenvalue weighted by Gasteiger charge is -2.10. The average Bonchev–Trinajstić information content (AvgIpc) is 2.91. The van der Waals surface area contributed by atoms with E-state index in [-0.39, 0.29) is 5.84 Å². The molecule has 0 aliphatic carbocycles. The number of hydrogen-bond acceptors (Lipinski definition) is 5. The zero-order valence-corrected chi connectivity index (χ0v) is 15.5. The molecule has 2 rings (SSSR count). The molecule has 112 valence electrons. The Labute approximate surface area is 141 Å². The van der Waals surface area contributed by atoms with Gasteiger partial charge in [0.25, 0.3) is 0 Å². The summed E-state index contributed by atoms with van der Waals surface area (Å²) in [5.74, 6) is -0.0198. The Kier molecular flexibility index (Phi) is 5.13. The van der Waals surface area contributed by atoms with Crippen molar-refractivity contribution in [3.05, 3.63) is 39.7 Å². The number of hydrogen-bond donors (Lipinski definition) is 2. The van der Waals surface area contributed by atoms with Crippen LogP contribution in [0.2, 0.25) is 0 Å². The molecule has 1 aromatic heterocycles. The Bertz CT molecular complexity index is 807. The smallest absolute Gasteiger partial charge is 0.133 e. The fourth-order valence-corrected chi connectivity index (χ4v) is 6.70. The minimum absolute atomic E-state index is 0.0198. The number of nitrogens with one attached hydrogen (secondary N) is 1. The summed E-state index contributed by atoms with van der Waals surface area (Å²) >= 11 is 6.26. The average molecular weight is 404 g/mol. The molecule has 0 fully saturated rings. The van der Waals surface area contributed by atoms with E-state index in [0.717, 1.165) is 8.68 Å². The van der Waals surface area contributed by atoms with Gasteiger partial charge in [-0.25, -0.2) is 8.57 Å². The van der Waals surface area contributed by atoms with Gasteiger partial charge < -0.3 is 5.73 Å². The maximum atomic E-state index is 13.4. The van der Waals surface area contributed by atoms with Crippen LogP contribution in [0.5, 0.6) is 0 Å². The van der Waals surface area contributed by atoms with Crippen LogP contribution in [0.1, 0.15) is 4.88 Å². The Balaban J connectivity index is 2.72. The third-order valence-corrected chi connectivity index (χ3v) is 8.17. The van der Waals surface area contributed by atoms with Crippen molar-refractivity contribution in [2.24, 2.45) is 10.1 Å². The summed E-state index contributed by atoms with van der Waals surface area (Å²) in [6, 6.07) is 9.04. The van der Waals surface area contributed by atoms with Crippen LogP contribution in [0.25, 0.3) is 0 Å². The second-order valence-corrected chi connectivity index (χ2v) is 9.42. The van der Waals surface area contributed by atoms with Crippen LogP contribution in [-0.2, 0) is 9.73 Å². The SMILES string of the molecule is CN=S(=O)(c1cccc(Br)c1)c1cc(C(=N)N)sc1SC. The van der Waals surface area contributed by atoms with Crippen LogP contribution >= 0.6 is 39.0 Å². The molecule has 21 heavy (non-hydrogen) atoms. The van der Waals surface area contributed by atoms with Crippen molar-refractivity contribution in [3.63, 3.8) is 0 Å². The van der Waals surface area contributed by atoms with Crippen molar-refractivity contribution in [1.82, 2.24) is 0 Å². The first-order valence-electron chi connectivity index (χ1n) is 5.85. The number of nitrogens with two attached hydrogens (primary N) is 1. The van der Waals surface area contributed by atoms with Crippen LogP contribution < -0.4 is 5.73 Å². The van der Waals surface area contributed by atoms with E-state index >= 15 is 0 Å². The predicted molar refractivity (Wildman–Crippen MR) is 94.3 cm³/mol. The minimum Gasteiger partial charge on any atom is -0.383 e. The summed E-state index contributed by atoms with van der Waals surface area (Å²) in [5.41, 5.74) is 5.55. The van der Waals surface area contributed by atoms with Gasteiger partial charge in [-0.05, 0) is 30.5 Å². The number of nitrogen functional groups attached to an aromatic ring is 1. The molecule has 4 nitrogen and oxygen atoms in total. The first kappa shape index (κ1) is 16.5. The Morgan fingerprint density at radius 1 is 1.48 bits per heavy atom. The molecule has 0 spiro atoms. The van der Waals surface area contributed by atoms with E-state index in [9.17, 15) is 4.21 Å². The van der Waals surface area contributed by atoms with E-state index in [1.807, 2.05) is 24.5 Å². The molecular formula is C13H14BrN3OS3. The summed E-state index contributed by atoms with van der Waals surface area (Å²) < 4.78 is 19.3. The van der Waals surface area contributed by atoms with Crippen molar-refractivity contribution in [2.45, 2.75) is 14.0 Å². The van der Waals surface area contributed by atoms with E-state index in [0.29, 0.717) is 14.7 Å². The highest BCUT2D eigenvalue weighted by Crippen LogP contribution is 2.38. The highest BCUT2D eigenvalue weighted by molar-refractivity contribution is 9.10. The van der Waals surface area contributed by atoms with E-state index in [1.165, 1.54) is 23.1 Å². The third-order valence-electron chi connectivity index (χ3n) is 2.79. The van der Waals surface area contributed by atoms with Crippen molar-refractivity contribution in [1.29, 1.82) is 5.41 Å². The lowest BCUT2D eigenvalue weighted by atomic mass is 10.4. The quantitative estimate of drug-likeness (QED) is 0.459. The fraction of sp³-hybridized carbons (Fsp3) is 0.154. The monoisotopic (exact) mass is 403 g/mol. The lowest BCUT2D eigenvalue weighted by molar-refractivity contribution is 0.675. The van der Waals surface area contributed by atoms with Crippen LogP contribution in [0.15, 0.2) is 53.2 Å². The van der Waals surface area contributed by atoms with Gasteiger partial charge >= 0.3 is 0 Å². The maximum Gasteiger partial charge on any atom is 0.133 e. The number of thioether (sulfide) groups is 1. The summed E-state index contributed by atoms with van der Waals surface area (Å²) in [7, 11) is -1.18. The van der Waals surface area contributed by atoms with E-state index in [4.69, 9.17) is 11.1 Å². The molecule has 0 saturated carbocycles. The molecule has 8 heteroatoms. The van der Waals surface area contributed by atoms with Crippen LogP contribution in [0.3, 0.4) is 0 Å². The van der Waals surface area contributed by atoms with Gasteiger partial charge in [-0.15, -0.1) is 23.1 Å².